The fourth-order valence-corrected chi connectivity index (χ4v) is 1.79. The number of hydrogen-bond acceptors (Lipinski definition) is 1. The van der Waals surface area contributed by atoms with Gasteiger partial charge in [-0.15, -0.1) is 0 Å². The first-order valence-electron chi connectivity index (χ1n) is 3.39. The largest absolute Gasteiger partial charge is 0.396 e. The van der Waals surface area contributed by atoms with Gasteiger partial charge in [0.25, 0.3) is 0 Å². The van der Waals surface area contributed by atoms with Crippen LogP contribution in [-0.4, -0.2) is 11.7 Å². The lowest BCUT2D eigenvalue weighted by Crippen LogP contribution is -1.96. The molecule has 1 N–H and O–H groups in total. The monoisotopic (exact) mass is 252 g/mol. The first kappa shape index (κ1) is 9.96. The fourth-order valence-electron chi connectivity index (χ4n) is 0.923. The fraction of sp³-hybridized carbons (Fsp3) is 0.250. The summed E-state index contributed by atoms with van der Waals surface area (Å²) in [4.78, 5) is 0. The molecule has 0 saturated heterocycles. The second kappa shape index (κ2) is 4.21. The maximum atomic E-state index is 13.1. The molecule has 1 nitrogen and oxygen atoms in total. The van der Waals surface area contributed by atoms with Crippen LogP contribution in [0.5, 0.6) is 0 Å². The average Bonchev–Trinajstić information content (AvgIpc) is 1.96. The van der Waals surface area contributed by atoms with E-state index in [0.29, 0.717) is 15.1 Å². The molecule has 0 fully saturated rings. The van der Waals surface area contributed by atoms with E-state index in [0.717, 1.165) is 0 Å². The molecule has 0 saturated carbocycles. The molecule has 66 valence electrons. The Kier molecular flexibility index (Phi) is 3.50. The van der Waals surface area contributed by atoms with Gasteiger partial charge in [-0.2, -0.15) is 0 Å². The van der Waals surface area contributed by atoms with Gasteiger partial charge in [-0.05, 0) is 18.6 Å². The van der Waals surface area contributed by atoms with Crippen molar-refractivity contribution >= 4 is 27.5 Å². The summed E-state index contributed by atoms with van der Waals surface area (Å²) in [7, 11) is 0. The van der Waals surface area contributed by atoms with Gasteiger partial charge in [-0.25, -0.2) is 4.39 Å². The maximum absolute atomic E-state index is 13.1. The van der Waals surface area contributed by atoms with Crippen molar-refractivity contribution in [2.24, 2.45) is 0 Å². The van der Waals surface area contributed by atoms with Crippen molar-refractivity contribution in [2.75, 3.05) is 6.61 Å². The van der Waals surface area contributed by atoms with E-state index in [2.05, 4.69) is 15.9 Å². The summed E-state index contributed by atoms with van der Waals surface area (Å²) in [5.74, 6) is -0.386. The Labute approximate surface area is 83.3 Å². The molecule has 12 heavy (non-hydrogen) atoms. The van der Waals surface area contributed by atoms with Crippen LogP contribution < -0.4 is 0 Å². The predicted molar refractivity (Wildman–Crippen MR) is 49.9 cm³/mol. The van der Waals surface area contributed by atoms with E-state index in [1.165, 1.54) is 6.07 Å². The van der Waals surface area contributed by atoms with Crippen molar-refractivity contribution in [3.05, 3.63) is 33.0 Å². The Morgan fingerprint density at radius 3 is 2.67 bits per heavy atom. The minimum atomic E-state index is -0.386. The van der Waals surface area contributed by atoms with Crippen LogP contribution in [-0.2, 0) is 6.42 Å². The number of aliphatic hydroxyl groups is 1. The van der Waals surface area contributed by atoms with Crippen molar-refractivity contribution in [3.8, 4) is 0 Å². The number of halogens is 3. The highest BCUT2D eigenvalue weighted by atomic mass is 79.9. The molecule has 0 aliphatic rings. The van der Waals surface area contributed by atoms with Crippen LogP contribution in [0.25, 0.3) is 0 Å². The molecule has 0 aliphatic carbocycles. The van der Waals surface area contributed by atoms with E-state index < -0.39 is 0 Å². The summed E-state index contributed by atoms with van der Waals surface area (Å²) >= 11 is 8.84. The summed E-state index contributed by atoms with van der Waals surface area (Å²) in [5.41, 5.74) is 0.363. The van der Waals surface area contributed by atoms with E-state index in [9.17, 15) is 4.39 Å². The van der Waals surface area contributed by atoms with Crippen LogP contribution in [0.3, 0.4) is 0 Å². The molecular weight excluding hydrogens is 246 g/mol. The van der Waals surface area contributed by atoms with Gasteiger partial charge in [0.15, 0.2) is 0 Å². The van der Waals surface area contributed by atoms with Crippen LogP contribution in [0.15, 0.2) is 16.6 Å². The molecular formula is C8H7BrClFO. The zero-order valence-electron chi connectivity index (χ0n) is 6.15. The summed E-state index contributed by atoms with van der Waals surface area (Å²) < 4.78 is 13.7. The highest BCUT2D eigenvalue weighted by Crippen LogP contribution is 2.24. The molecule has 0 radical (unpaired) electrons. The lowest BCUT2D eigenvalue weighted by Gasteiger charge is -2.03. The van der Waals surface area contributed by atoms with E-state index in [4.69, 9.17) is 16.7 Å². The zero-order chi connectivity index (χ0) is 9.14. The molecule has 0 amide bonds. The molecule has 0 unspecified atom stereocenters. The lowest BCUT2D eigenvalue weighted by atomic mass is 10.1. The Balaban J connectivity index is 3.10. The first-order valence-corrected chi connectivity index (χ1v) is 4.56. The average molecular weight is 253 g/mol. The Morgan fingerprint density at radius 2 is 2.17 bits per heavy atom. The molecule has 1 aromatic rings. The summed E-state index contributed by atoms with van der Waals surface area (Å²) in [6.07, 6.45) is 0.248. The van der Waals surface area contributed by atoms with Gasteiger partial charge in [0, 0.05) is 21.7 Å². The van der Waals surface area contributed by atoms with Crippen LogP contribution in [0.2, 0.25) is 5.02 Å². The molecule has 0 aromatic heterocycles. The number of rotatable bonds is 2. The smallest absolute Gasteiger partial charge is 0.129 e. The molecule has 0 spiro atoms. The second-order valence-corrected chi connectivity index (χ2v) is 3.64. The summed E-state index contributed by atoms with van der Waals surface area (Å²) in [5, 5.41) is 8.94. The Bertz CT molecular complexity index is 267. The van der Waals surface area contributed by atoms with Crippen molar-refractivity contribution in [3.63, 3.8) is 0 Å². The van der Waals surface area contributed by atoms with Gasteiger partial charge >= 0.3 is 0 Å². The Morgan fingerprint density at radius 1 is 1.50 bits per heavy atom. The molecule has 0 bridgehead atoms. The number of aliphatic hydroxyl groups excluding tert-OH is 1. The Hall–Kier alpha value is -0.120. The first-order chi connectivity index (χ1) is 5.65. The quantitative estimate of drug-likeness (QED) is 0.859. The van der Waals surface area contributed by atoms with Gasteiger partial charge in [0.05, 0.1) is 0 Å². The van der Waals surface area contributed by atoms with E-state index in [-0.39, 0.29) is 18.8 Å². The lowest BCUT2D eigenvalue weighted by molar-refractivity contribution is 0.297. The van der Waals surface area contributed by atoms with E-state index in [1.54, 1.807) is 6.07 Å². The molecule has 1 rings (SSSR count). The normalized spacial score (nSPS) is 10.3. The SMILES string of the molecule is OCCc1c(F)cc(Br)cc1Cl. The van der Waals surface area contributed by atoms with Gasteiger partial charge in [0.1, 0.15) is 5.82 Å². The third-order valence-electron chi connectivity index (χ3n) is 1.47. The minimum absolute atomic E-state index is 0.0989. The molecule has 4 heteroatoms. The van der Waals surface area contributed by atoms with Crippen molar-refractivity contribution in [1.29, 1.82) is 0 Å². The van der Waals surface area contributed by atoms with E-state index in [1.807, 2.05) is 0 Å². The summed E-state index contributed by atoms with van der Waals surface area (Å²) in [6, 6.07) is 2.94. The van der Waals surface area contributed by atoms with Crippen LogP contribution in [0.4, 0.5) is 4.39 Å². The van der Waals surface area contributed by atoms with E-state index >= 15 is 0 Å². The molecule has 1 aromatic carbocycles. The van der Waals surface area contributed by atoms with Crippen LogP contribution >= 0.6 is 27.5 Å². The minimum Gasteiger partial charge on any atom is -0.396 e. The number of benzene rings is 1. The summed E-state index contributed by atoms with van der Waals surface area (Å²) in [6.45, 7) is -0.0989. The topological polar surface area (TPSA) is 20.2 Å². The van der Waals surface area contributed by atoms with Gasteiger partial charge < -0.3 is 5.11 Å². The second-order valence-electron chi connectivity index (χ2n) is 2.32. The van der Waals surface area contributed by atoms with Crippen molar-refractivity contribution < 1.29 is 9.50 Å². The van der Waals surface area contributed by atoms with Gasteiger partial charge in [0.2, 0.25) is 0 Å². The van der Waals surface area contributed by atoms with Gasteiger partial charge in [-0.1, -0.05) is 27.5 Å². The van der Waals surface area contributed by atoms with Crippen molar-refractivity contribution in [1.82, 2.24) is 0 Å². The predicted octanol–water partition coefficient (Wildman–Crippen LogP) is 2.78. The highest BCUT2D eigenvalue weighted by molar-refractivity contribution is 9.10. The van der Waals surface area contributed by atoms with Crippen LogP contribution in [0, 0.1) is 5.82 Å². The van der Waals surface area contributed by atoms with Gasteiger partial charge in [-0.3, -0.25) is 0 Å². The molecule has 0 atom stereocenters. The van der Waals surface area contributed by atoms with Crippen LogP contribution in [0.1, 0.15) is 5.56 Å². The standard InChI is InChI=1S/C8H7BrClFO/c9-5-3-7(10)6(1-2-12)8(11)4-5/h3-4,12H,1-2H2. The third kappa shape index (κ3) is 2.19. The molecule has 0 heterocycles. The van der Waals surface area contributed by atoms with Crippen molar-refractivity contribution in [2.45, 2.75) is 6.42 Å². The maximum Gasteiger partial charge on any atom is 0.129 e. The third-order valence-corrected chi connectivity index (χ3v) is 2.26. The number of hydrogen-bond donors (Lipinski definition) is 1. The zero-order valence-corrected chi connectivity index (χ0v) is 8.49. The highest BCUT2D eigenvalue weighted by Gasteiger charge is 2.07. The molecule has 0 aliphatic heterocycles.